The van der Waals surface area contributed by atoms with Gasteiger partial charge in [-0.2, -0.15) is 0 Å². The number of piperidine rings is 1. The number of carbonyl (C=O) groups is 4. The van der Waals surface area contributed by atoms with E-state index in [0.717, 1.165) is 33.8 Å². The summed E-state index contributed by atoms with van der Waals surface area (Å²) >= 11 is 0. The summed E-state index contributed by atoms with van der Waals surface area (Å²) in [4.78, 5) is 58.5. The van der Waals surface area contributed by atoms with Gasteiger partial charge in [-0.25, -0.2) is 13.2 Å². The number of carbonyl (C=O) groups excluding carboxylic acids is 4. The molecule has 0 saturated carbocycles. The van der Waals surface area contributed by atoms with Crippen molar-refractivity contribution in [3.05, 3.63) is 71.4 Å². The van der Waals surface area contributed by atoms with Crippen LogP contribution < -0.4 is 15.4 Å². The lowest BCUT2D eigenvalue weighted by Crippen LogP contribution is -2.60. The highest BCUT2D eigenvalue weighted by atomic mass is 32.2. The van der Waals surface area contributed by atoms with Crippen LogP contribution in [-0.4, -0.2) is 78.6 Å². The van der Waals surface area contributed by atoms with E-state index < -0.39 is 56.4 Å². The number of nitrogens with zero attached hydrogens (tertiary/aromatic N) is 1. The first-order valence-corrected chi connectivity index (χ1v) is 18.0. The number of aromatic nitrogens is 1. The highest BCUT2D eigenvalue weighted by molar-refractivity contribution is 7.89. The van der Waals surface area contributed by atoms with Crippen LogP contribution in [0, 0.1) is 0 Å². The van der Waals surface area contributed by atoms with Crippen molar-refractivity contribution >= 4 is 44.7 Å². The molecule has 4 N–H and O–H groups in total. The van der Waals surface area contributed by atoms with Crippen molar-refractivity contribution in [2.24, 2.45) is 0 Å². The number of hydrogen-bond donors (Lipinski definition) is 4. The lowest BCUT2D eigenvalue weighted by molar-refractivity contribution is -0.139. The molecule has 4 amide bonds. The van der Waals surface area contributed by atoms with Crippen LogP contribution >= 0.6 is 0 Å². The molecule has 2 heterocycles. The van der Waals surface area contributed by atoms with Gasteiger partial charge in [-0.05, 0) is 76.6 Å². The molecule has 1 aliphatic carbocycles. The number of ether oxygens (including phenoxy) is 1. The van der Waals surface area contributed by atoms with E-state index in [1.54, 1.807) is 39.5 Å². The van der Waals surface area contributed by atoms with E-state index in [9.17, 15) is 27.6 Å². The number of fused-ring (bicyclic) bond motifs is 3. The number of aromatic amines is 1. The smallest absolute Gasteiger partial charge is 0.408 e. The molecule has 13 heteroatoms. The SMILES string of the molecule is CC(C)(C)OC(=O)NC(C)(C)C(=O)NC(Cc1c[nH]c2ccccc12)C(=O)N1CCC2(CC1)C[C@@H](C(=O)NS(C)(=O)=O)c1ccccc12. The van der Waals surface area contributed by atoms with E-state index in [0.29, 0.717) is 32.4 Å². The Hall–Kier alpha value is -4.39. The first-order valence-electron chi connectivity index (χ1n) is 16.1. The van der Waals surface area contributed by atoms with Crippen LogP contribution in [0.4, 0.5) is 4.79 Å². The number of likely N-dealkylation sites (tertiary alicyclic amines) is 1. The average Bonchev–Trinajstić information content (AvgIpc) is 3.54. The van der Waals surface area contributed by atoms with Gasteiger partial charge in [-0.15, -0.1) is 0 Å². The summed E-state index contributed by atoms with van der Waals surface area (Å²) < 4.78 is 31.2. The zero-order chi connectivity index (χ0) is 35.1. The van der Waals surface area contributed by atoms with Crippen molar-refractivity contribution in [1.82, 2.24) is 25.2 Å². The first-order chi connectivity index (χ1) is 22.4. The molecule has 1 saturated heterocycles. The number of rotatable bonds is 8. The Morgan fingerprint density at radius 1 is 1.00 bits per heavy atom. The summed E-state index contributed by atoms with van der Waals surface area (Å²) in [7, 11) is -3.73. The largest absolute Gasteiger partial charge is 0.444 e. The lowest BCUT2D eigenvalue weighted by Gasteiger charge is -2.41. The average molecular weight is 680 g/mol. The Kier molecular flexibility index (Phi) is 9.39. The van der Waals surface area contributed by atoms with E-state index in [-0.39, 0.29) is 12.3 Å². The van der Waals surface area contributed by atoms with Gasteiger partial charge in [0.2, 0.25) is 27.7 Å². The standard InChI is InChI=1S/C35H45N5O7S/c1-33(2,3)47-32(44)38-34(4,5)31(43)37-28(19-22-21-36-27-14-10-8-11-23(22)27)30(42)40-17-15-35(16-18-40)20-25(29(41)39-48(6,45)46)24-12-7-9-13-26(24)35/h7-14,21,25,28,36H,15-20H2,1-6H3,(H,37,43)(H,38,44)(H,39,41)/t25-,28?/m1/s1. The molecule has 12 nitrogen and oxygen atoms in total. The number of alkyl carbamates (subject to hydrolysis) is 1. The van der Waals surface area contributed by atoms with Crippen molar-refractivity contribution in [3.8, 4) is 0 Å². The van der Waals surface area contributed by atoms with Gasteiger partial charge in [-0.3, -0.25) is 19.1 Å². The van der Waals surface area contributed by atoms with Gasteiger partial charge in [0.05, 0.1) is 12.2 Å². The number of H-pyrrole nitrogens is 1. The van der Waals surface area contributed by atoms with E-state index in [1.165, 1.54) is 0 Å². The van der Waals surface area contributed by atoms with Crippen molar-refractivity contribution in [2.45, 2.75) is 88.8 Å². The molecule has 1 aliphatic heterocycles. The number of sulfonamides is 1. The fourth-order valence-electron chi connectivity index (χ4n) is 6.91. The topological polar surface area (TPSA) is 167 Å². The third-order valence-electron chi connectivity index (χ3n) is 9.22. The predicted molar refractivity (Wildman–Crippen MR) is 182 cm³/mol. The van der Waals surface area contributed by atoms with Crippen LogP contribution in [0.3, 0.4) is 0 Å². The molecule has 258 valence electrons. The van der Waals surface area contributed by atoms with E-state index in [4.69, 9.17) is 4.74 Å². The minimum Gasteiger partial charge on any atom is -0.444 e. The monoisotopic (exact) mass is 679 g/mol. The summed E-state index contributed by atoms with van der Waals surface area (Å²) in [6.07, 6.45) is 3.85. The molecule has 0 bridgehead atoms. The molecule has 1 spiro atoms. The number of benzene rings is 2. The number of amides is 4. The molecule has 2 aromatic carbocycles. The van der Waals surface area contributed by atoms with Crippen molar-refractivity contribution in [2.75, 3.05) is 19.3 Å². The van der Waals surface area contributed by atoms with Gasteiger partial charge in [-0.1, -0.05) is 42.5 Å². The minimum atomic E-state index is -3.73. The van der Waals surface area contributed by atoms with Gasteiger partial charge in [0.1, 0.15) is 17.2 Å². The summed E-state index contributed by atoms with van der Waals surface area (Å²) in [6, 6.07) is 14.4. The summed E-state index contributed by atoms with van der Waals surface area (Å²) in [5.41, 5.74) is 1.04. The van der Waals surface area contributed by atoms with Crippen molar-refractivity contribution in [1.29, 1.82) is 0 Å². The molecule has 5 rings (SSSR count). The van der Waals surface area contributed by atoms with Gasteiger partial charge < -0.3 is 25.3 Å². The van der Waals surface area contributed by atoms with Crippen molar-refractivity contribution < 1.29 is 32.3 Å². The molecule has 48 heavy (non-hydrogen) atoms. The normalized spacial score (nSPS) is 18.2. The Morgan fingerprint density at radius 3 is 2.31 bits per heavy atom. The number of nitrogens with one attached hydrogen (secondary N) is 4. The fraction of sp³-hybridized carbons (Fsp3) is 0.486. The highest BCUT2D eigenvalue weighted by Gasteiger charge is 2.49. The van der Waals surface area contributed by atoms with Gasteiger partial charge in [0.25, 0.3) is 0 Å². The van der Waals surface area contributed by atoms with E-state index in [2.05, 4.69) is 20.3 Å². The number of hydrogen-bond acceptors (Lipinski definition) is 7. The second-order valence-electron chi connectivity index (χ2n) is 14.5. The number of para-hydroxylation sites is 1. The Morgan fingerprint density at radius 2 is 1.65 bits per heavy atom. The third kappa shape index (κ3) is 7.67. The Balaban J connectivity index is 1.35. The minimum absolute atomic E-state index is 0.218. The maximum Gasteiger partial charge on any atom is 0.408 e. The second kappa shape index (κ2) is 12.9. The van der Waals surface area contributed by atoms with E-state index in [1.807, 2.05) is 54.7 Å². The van der Waals surface area contributed by atoms with Crippen LogP contribution in [0.2, 0.25) is 0 Å². The molecule has 2 aliphatic rings. The molecule has 1 unspecified atom stereocenters. The Labute approximate surface area is 281 Å². The van der Waals surface area contributed by atoms with Gasteiger partial charge in [0, 0.05) is 42.0 Å². The Bertz CT molecular complexity index is 1830. The molecule has 0 radical (unpaired) electrons. The van der Waals surface area contributed by atoms with Gasteiger partial charge >= 0.3 is 6.09 Å². The molecule has 1 fully saturated rings. The molecular formula is C35H45N5O7S. The van der Waals surface area contributed by atoms with Crippen LogP contribution in [0.15, 0.2) is 54.7 Å². The summed E-state index contributed by atoms with van der Waals surface area (Å²) in [5, 5.41) is 6.48. The molecule has 3 aromatic rings. The predicted octanol–water partition coefficient (Wildman–Crippen LogP) is 3.62. The zero-order valence-corrected chi connectivity index (χ0v) is 29.1. The quantitative estimate of drug-likeness (QED) is 0.282. The summed E-state index contributed by atoms with van der Waals surface area (Å²) in [6.45, 7) is 9.06. The van der Waals surface area contributed by atoms with E-state index >= 15 is 0 Å². The lowest BCUT2D eigenvalue weighted by atomic mass is 9.73. The fourth-order valence-corrected chi connectivity index (χ4v) is 7.41. The maximum atomic E-state index is 14.3. The van der Waals surface area contributed by atoms with Crippen LogP contribution in [0.1, 0.15) is 76.5 Å². The van der Waals surface area contributed by atoms with Gasteiger partial charge in [0.15, 0.2) is 0 Å². The van der Waals surface area contributed by atoms with Crippen LogP contribution in [0.5, 0.6) is 0 Å². The third-order valence-corrected chi connectivity index (χ3v) is 9.79. The van der Waals surface area contributed by atoms with Crippen LogP contribution in [0.25, 0.3) is 10.9 Å². The first kappa shape index (κ1) is 34.9. The van der Waals surface area contributed by atoms with Crippen LogP contribution in [-0.2, 0) is 41.0 Å². The summed E-state index contributed by atoms with van der Waals surface area (Å²) in [5.74, 6) is -1.96. The zero-order valence-electron chi connectivity index (χ0n) is 28.3. The molecular weight excluding hydrogens is 634 g/mol. The van der Waals surface area contributed by atoms with Crippen molar-refractivity contribution in [3.63, 3.8) is 0 Å². The highest BCUT2D eigenvalue weighted by Crippen LogP contribution is 2.51. The maximum absolute atomic E-state index is 14.3. The second-order valence-corrected chi connectivity index (χ2v) is 16.3. The molecule has 2 atom stereocenters. The molecule has 1 aromatic heterocycles.